The number of carboxylic acid groups (broad SMARTS) is 1. The summed E-state index contributed by atoms with van der Waals surface area (Å²) in [5.41, 5.74) is 1.86. The van der Waals surface area contributed by atoms with Crippen LogP contribution in [0.1, 0.15) is 31.8 Å². The van der Waals surface area contributed by atoms with Crippen molar-refractivity contribution < 1.29 is 19.4 Å². The lowest BCUT2D eigenvalue weighted by molar-refractivity contribution is 0.0691. The van der Waals surface area contributed by atoms with Gasteiger partial charge in [0.05, 0.1) is 5.56 Å². The van der Waals surface area contributed by atoms with Crippen LogP contribution in [0.5, 0.6) is 5.75 Å². The van der Waals surface area contributed by atoms with Gasteiger partial charge in [0.2, 0.25) is 0 Å². The van der Waals surface area contributed by atoms with Crippen molar-refractivity contribution in [1.29, 1.82) is 0 Å². The molecule has 2 aromatic carbocycles. The molecule has 0 unspecified atom stereocenters. The van der Waals surface area contributed by atoms with E-state index < -0.39 is 5.97 Å². The molecule has 0 atom stereocenters. The largest absolute Gasteiger partial charge is 0.487 e. The van der Waals surface area contributed by atoms with Crippen LogP contribution in [0.4, 0.5) is 0 Å². The zero-order chi connectivity index (χ0) is 14.5. The number of hydrogen-bond donors (Lipinski definition) is 1. The topological polar surface area (TPSA) is 63.6 Å². The van der Waals surface area contributed by atoms with Gasteiger partial charge in [-0.2, -0.15) is 0 Å². The molecule has 0 aliphatic carbocycles. The quantitative estimate of drug-likeness (QED) is 0.848. The molecule has 0 radical (unpaired) electrons. The van der Waals surface area contributed by atoms with Crippen LogP contribution in [0.2, 0.25) is 0 Å². The molecule has 0 amide bonds. The van der Waals surface area contributed by atoms with Gasteiger partial charge in [0, 0.05) is 0 Å². The zero-order valence-electron chi connectivity index (χ0n) is 11.0. The van der Waals surface area contributed by atoms with Crippen molar-refractivity contribution in [2.24, 2.45) is 0 Å². The molecule has 0 aromatic heterocycles. The Morgan fingerprint density at radius 1 is 1.25 bits per heavy atom. The first-order valence-electron chi connectivity index (χ1n) is 6.11. The van der Waals surface area contributed by atoms with Gasteiger partial charge in [0.1, 0.15) is 17.9 Å². The van der Waals surface area contributed by atoms with E-state index >= 15 is 0 Å². The highest BCUT2D eigenvalue weighted by atomic mass is 16.5. The fourth-order valence-electron chi connectivity index (χ4n) is 1.94. The van der Waals surface area contributed by atoms with Crippen LogP contribution in [-0.4, -0.2) is 17.4 Å². The summed E-state index contributed by atoms with van der Waals surface area (Å²) in [5.74, 6) is -0.998. The maximum Gasteiger partial charge on any atom is 0.339 e. The van der Waals surface area contributed by atoms with Gasteiger partial charge in [-0.3, -0.25) is 4.79 Å². The minimum atomic E-state index is -1.11. The van der Waals surface area contributed by atoms with E-state index in [1.54, 1.807) is 13.0 Å². The van der Waals surface area contributed by atoms with Gasteiger partial charge in [-0.25, -0.2) is 4.79 Å². The van der Waals surface area contributed by atoms with Crippen LogP contribution in [0.15, 0.2) is 42.5 Å². The highest BCUT2D eigenvalue weighted by Gasteiger charge is 2.16. The van der Waals surface area contributed by atoms with Crippen molar-refractivity contribution in [1.82, 2.24) is 0 Å². The Kier molecular flexibility index (Phi) is 4.15. The van der Waals surface area contributed by atoms with Crippen molar-refractivity contribution in [2.75, 3.05) is 0 Å². The van der Waals surface area contributed by atoms with E-state index in [0.717, 1.165) is 5.56 Å². The van der Waals surface area contributed by atoms with E-state index in [0.29, 0.717) is 11.8 Å². The third-order valence-electron chi connectivity index (χ3n) is 2.85. The average Bonchev–Trinajstić information content (AvgIpc) is 2.46. The van der Waals surface area contributed by atoms with Gasteiger partial charge in [-0.05, 0) is 30.2 Å². The normalized spacial score (nSPS) is 10.1. The Balaban J connectivity index is 2.34. The lowest BCUT2D eigenvalue weighted by Crippen LogP contribution is -2.07. The number of aldehydes is 1. The molecule has 102 valence electrons. The number of aromatic carboxylic acids is 1. The number of ether oxygens (including phenoxy) is 1. The van der Waals surface area contributed by atoms with Gasteiger partial charge in [-0.1, -0.05) is 30.3 Å². The minimum absolute atomic E-state index is 0.00281. The van der Waals surface area contributed by atoms with Crippen molar-refractivity contribution in [3.8, 4) is 5.75 Å². The standard InChI is InChI=1S/C16H14O4/c1-11-7-13(9-17)15(14(8-11)16(18)19)20-10-12-5-3-2-4-6-12/h2-9H,10H2,1H3,(H,18,19). The summed E-state index contributed by atoms with van der Waals surface area (Å²) in [6.45, 7) is 1.95. The van der Waals surface area contributed by atoms with E-state index in [2.05, 4.69) is 0 Å². The third-order valence-corrected chi connectivity index (χ3v) is 2.85. The highest BCUT2D eigenvalue weighted by Crippen LogP contribution is 2.26. The Bertz CT molecular complexity index is 632. The van der Waals surface area contributed by atoms with Gasteiger partial charge in [0.25, 0.3) is 0 Å². The fourth-order valence-corrected chi connectivity index (χ4v) is 1.94. The molecule has 20 heavy (non-hydrogen) atoms. The first-order chi connectivity index (χ1) is 9.61. The molecule has 2 aromatic rings. The van der Waals surface area contributed by atoms with Gasteiger partial charge in [0.15, 0.2) is 6.29 Å². The first kappa shape index (κ1) is 13.8. The monoisotopic (exact) mass is 270 g/mol. The second-order valence-corrected chi connectivity index (χ2v) is 4.43. The van der Waals surface area contributed by atoms with Crippen LogP contribution in [0.3, 0.4) is 0 Å². The number of aryl methyl sites for hydroxylation is 1. The predicted molar refractivity (Wildman–Crippen MR) is 74.3 cm³/mol. The minimum Gasteiger partial charge on any atom is -0.487 e. The average molecular weight is 270 g/mol. The maximum atomic E-state index is 11.3. The molecule has 0 spiro atoms. The molecular weight excluding hydrogens is 256 g/mol. The van der Waals surface area contributed by atoms with E-state index in [1.807, 2.05) is 30.3 Å². The summed E-state index contributed by atoms with van der Waals surface area (Å²) < 4.78 is 5.55. The van der Waals surface area contributed by atoms with Crippen LogP contribution < -0.4 is 4.74 Å². The summed E-state index contributed by atoms with van der Waals surface area (Å²) in [5, 5.41) is 9.21. The molecule has 0 saturated carbocycles. The summed E-state index contributed by atoms with van der Waals surface area (Å²) in [7, 11) is 0. The van der Waals surface area contributed by atoms with Crippen molar-refractivity contribution >= 4 is 12.3 Å². The van der Waals surface area contributed by atoms with Crippen molar-refractivity contribution in [3.63, 3.8) is 0 Å². The van der Waals surface area contributed by atoms with Crippen molar-refractivity contribution in [2.45, 2.75) is 13.5 Å². The first-order valence-corrected chi connectivity index (χ1v) is 6.11. The fraction of sp³-hybridized carbons (Fsp3) is 0.125. The van der Waals surface area contributed by atoms with Crippen LogP contribution in [0, 0.1) is 6.92 Å². The summed E-state index contributed by atoms with van der Waals surface area (Å²) in [4.78, 5) is 22.4. The summed E-state index contributed by atoms with van der Waals surface area (Å²) in [6.07, 6.45) is 0.611. The molecule has 4 heteroatoms. The molecular formula is C16H14O4. The highest BCUT2D eigenvalue weighted by molar-refractivity contribution is 5.95. The van der Waals surface area contributed by atoms with Crippen LogP contribution in [-0.2, 0) is 6.61 Å². The van der Waals surface area contributed by atoms with Crippen molar-refractivity contribution in [3.05, 3.63) is 64.7 Å². The second-order valence-electron chi connectivity index (χ2n) is 4.43. The Hall–Kier alpha value is -2.62. The number of carbonyl (C=O) groups excluding carboxylic acids is 1. The van der Waals surface area contributed by atoms with E-state index in [9.17, 15) is 14.7 Å². The maximum absolute atomic E-state index is 11.3. The molecule has 1 N–H and O–H groups in total. The number of benzene rings is 2. The lowest BCUT2D eigenvalue weighted by Gasteiger charge is -2.12. The second kappa shape index (κ2) is 6.02. The number of carbonyl (C=O) groups is 2. The SMILES string of the molecule is Cc1cc(C=O)c(OCc2ccccc2)c(C(=O)O)c1. The number of rotatable bonds is 5. The molecule has 0 heterocycles. The molecule has 0 aliphatic rings. The van der Waals surface area contributed by atoms with E-state index in [-0.39, 0.29) is 23.5 Å². The van der Waals surface area contributed by atoms with Crippen LogP contribution in [0.25, 0.3) is 0 Å². The van der Waals surface area contributed by atoms with Crippen LogP contribution >= 0.6 is 0 Å². The molecule has 0 bridgehead atoms. The Morgan fingerprint density at radius 2 is 1.95 bits per heavy atom. The van der Waals surface area contributed by atoms with Gasteiger partial charge < -0.3 is 9.84 Å². The van der Waals surface area contributed by atoms with Gasteiger partial charge in [-0.15, -0.1) is 0 Å². The molecule has 4 nitrogen and oxygen atoms in total. The Morgan fingerprint density at radius 3 is 2.55 bits per heavy atom. The summed E-state index contributed by atoms with van der Waals surface area (Å²) in [6, 6.07) is 12.5. The summed E-state index contributed by atoms with van der Waals surface area (Å²) >= 11 is 0. The van der Waals surface area contributed by atoms with E-state index in [4.69, 9.17) is 4.74 Å². The zero-order valence-corrected chi connectivity index (χ0v) is 11.0. The molecule has 2 rings (SSSR count). The number of carboxylic acids is 1. The Labute approximate surface area is 116 Å². The van der Waals surface area contributed by atoms with Gasteiger partial charge >= 0.3 is 5.97 Å². The number of hydrogen-bond acceptors (Lipinski definition) is 3. The molecule has 0 fully saturated rings. The molecule has 0 saturated heterocycles. The smallest absolute Gasteiger partial charge is 0.339 e. The predicted octanol–water partition coefficient (Wildman–Crippen LogP) is 3.08. The lowest BCUT2D eigenvalue weighted by atomic mass is 10.1. The molecule has 0 aliphatic heterocycles. The third kappa shape index (κ3) is 3.03. The van der Waals surface area contributed by atoms with E-state index in [1.165, 1.54) is 6.07 Å².